The fourth-order valence-corrected chi connectivity index (χ4v) is 6.09. The van der Waals surface area contributed by atoms with E-state index in [-0.39, 0.29) is 23.3 Å². The molecule has 40 heavy (non-hydrogen) atoms. The van der Waals surface area contributed by atoms with Gasteiger partial charge in [0, 0.05) is 28.7 Å². The van der Waals surface area contributed by atoms with Crippen LogP contribution in [0.3, 0.4) is 0 Å². The van der Waals surface area contributed by atoms with Crippen LogP contribution in [0.1, 0.15) is 38.3 Å². The third-order valence-electron chi connectivity index (χ3n) is 6.39. The number of hydrogen-bond acceptors (Lipinski definition) is 4. The first-order valence-corrected chi connectivity index (χ1v) is 15.3. The van der Waals surface area contributed by atoms with Crippen molar-refractivity contribution in [2.75, 3.05) is 17.4 Å². The van der Waals surface area contributed by atoms with E-state index in [9.17, 15) is 18.0 Å². The number of carbonyl (C=O) groups excluding carboxylic acids is 2. The maximum atomic E-state index is 14.1. The van der Waals surface area contributed by atoms with Gasteiger partial charge in [0.2, 0.25) is 11.8 Å². The molecule has 2 amide bonds. The van der Waals surface area contributed by atoms with Gasteiger partial charge < -0.3 is 10.2 Å². The van der Waals surface area contributed by atoms with Crippen LogP contribution in [-0.4, -0.2) is 44.3 Å². The number of nitrogens with zero attached hydrogens (tertiary/aromatic N) is 2. The van der Waals surface area contributed by atoms with Gasteiger partial charge >= 0.3 is 0 Å². The fourth-order valence-electron chi connectivity index (χ4n) is 4.16. The summed E-state index contributed by atoms with van der Waals surface area (Å²) in [5.74, 6) is -0.695. The van der Waals surface area contributed by atoms with Crippen molar-refractivity contribution in [3.63, 3.8) is 0 Å². The number of carbonyl (C=O) groups is 2. The average molecular weight is 605 g/mol. The highest BCUT2D eigenvalue weighted by molar-refractivity contribution is 7.92. The second-order valence-corrected chi connectivity index (χ2v) is 12.6. The topological polar surface area (TPSA) is 86.8 Å². The molecule has 0 radical (unpaired) electrons. The van der Waals surface area contributed by atoms with Gasteiger partial charge in [-0.15, -0.1) is 0 Å². The number of nitrogens with one attached hydrogen (secondary N) is 1. The maximum absolute atomic E-state index is 14.1. The third-order valence-corrected chi connectivity index (χ3v) is 8.89. The van der Waals surface area contributed by atoms with Crippen LogP contribution in [0.5, 0.6) is 0 Å². The lowest BCUT2D eigenvalue weighted by molar-refractivity contribution is -0.140. The van der Waals surface area contributed by atoms with Crippen molar-refractivity contribution in [2.45, 2.75) is 51.6 Å². The van der Waals surface area contributed by atoms with E-state index in [0.29, 0.717) is 34.3 Å². The van der Waals surface area contributed by atoms with E-state index in [2.05, 4.69) is 5.32 Å². The Balaban J connectivity index is 2.06. The largest absolute Gasteiger partial charge is 0.354 e. The fraction of sp³-hybridized carbons (Fsp3) is 0.333. The highest BCUT2D eigenvalue weighted by Gasteiger charge is 2.34. The van der Waals surface area contributed by atoms with Crippen LogP contribution in [0.2, 0.25) is 10.0 Å². The second kappa shape index (κ2) is 14.0. The molecule has 0 aliphatic heterocycles. The standard InChI is InChI=1S/C30H35Cl2N3O4S/c1-5-28(30(37)33-18-21(2)3)34(19-25-26(31)12-9-13-27(25)32)29(36)20-35(23-10-7-6-8-11-23)40(38,39)24-16-14-22(4)15-17-24/h6-17,21,28H,5,18-20H2,1-4H3,(H,33,37)/t28-/m0/s1. The molecule has 0 saturated carbocycles. The minimum Gasteiger partial charge on any atom is -0.354 e. The summed E-state index contributed by atoms with van der Waals surface area (Å²) in [5.41, 5.74) is 1.70. The summed E-state index contributed by atoms with van der Waals surface area (Å²) in [6.45, 7) is 7.44. The van der Waals surface area contributed by atoms with Crippen LogP contribution in [-0.2, 0) is 26.2 Å². The van der Waals surface area contributed by atoms with Crippen molar-refractivity contribution in [3.8, 4) is 0 Å². The molecule has 0 spiro atoms. The van der Waals surface area contributed by atoms with Gasteiger partial charge in [0.25, 0.3) is 10.0 Å². The average Bonchev–Trinajstić information content (AvgIpc) is 2.92. The molecule has 0 aliphatic rings. The zero-order chi connectivity index (χ0) is 29.4. The van der Waals surface area contributed by atoms with Crippen molar-refractivity contribution in [2.24, 2.45) is 5.92 Å². The number of benzene rings is 3. The van der Waals surface area contributed by atoms with E-state index in [0.717, 1.165) is 9.87 Å². The molecule has 7 nitrogen and oxygen atoms in total. The van der Waals surface area contributed by atoms with Gasteiger partial charge in [-0.2, -0.15) is 0 Å². The SMILES string of the molecule is CC[C@@H](C(=O)NCC(C)C)N(Cc1c(Cl)cccc1Cl)C(=O)CN(c1ccccc1)S(=O)(=O)c1ccc(C)cc1. The van der Waals surface area contributed by atoms with Crippen molar-refractivity contribution in [3.05, 3.63) is 94.0 Å². The Kier molecular flexibility index (Phi) is 11.0. The predicted molar refractivity (Wildman–Crippen MR) is 161 cm³/mol. The van der Waals surface area contributed by atoms with E-state index < -0.39 is 28.5 Å². The zero-order valence-corrected chi connectivity index (χ0v) is 25.4. The number of para-hydroxylation sites is 1. The second-order valence-electron chi connectivity index (χ2n) is 9.95. The van der Waals surface area contributed by atoms with Crippen molar-refractivity contribution in [1.82, 2.24) is 10.2 Å². The number of amides is 2. The molecule has 0 fully saturated rings. The van der Waals surface area contributed by atoms with Gasteiger partial charge in [0.1, 0.15) is 12.6 Å². The summed E-state index contributed by atoms with van der Waals surface area (Å²) in [6, 6.07) is 19.0. The van der Waals surface area contributed by atoms with Crippen LogP contribution in [0.4, 0.5) is 5.69 Å². The number of anilines is 1. The Bertz CT molecular complexity index is 1390. The van der Waals surface area contributed by atoms with Crippen LogP contribution in [0.15, 0.2) is 77.7 Å². The number of aryl methyl sites for hydroxylation is 1. The van der Waals surface area contributed by atoms with Crippen LogP contribution < -0.4 is 9.62 Å². The molecule has 0 unspecified atom stereocenters. The van der Waals surface area contributed by atoms with Gasteiger partial charge in [0.05, 0.1) is 10.6 Å². The van der Waals surface area contributed by atoms with Gasteiger partial charge in [-0.1, -0.05) is 85.9 Å². The molecular formula is C30H35Cl2N3O4S. The molecule has 0 saturated heterocycles. The van der Waals surface area contributed by atoms with E-state index in [1.54, 1.807) is 67.6 Å². The molecule has 3 aromatic rings. The minimum atomic E-state index is -4.13. The van der Waals surface area contributed by atoms with Crippen molar-refractivity contribution < 1.29 is 18.0 Å². The first kappa shape index (κ1) is 31.5. The van der Waals surface area contributed by atoms with Crippen LogP contribution in [0.25, 0.3) is 0 Å². The Morgan fingerprint density at radius 1 is 0.900 bits per heavy atom. The lowest BCUT2D eigenvalue weighted by atomic mass is 10.1. The number of rotatable bonds is 12. The molecule has 0 heterocycles. The monoisotopic (exact) mass is 603 g/mol. The summed E-state index contributed by atoms with van der Waals surface area (Å²) in [5, 5.41) is 3.58. The summed E-state index contributed by atoms with van der Waals surface area (Å²) in [7, 11) is -4.13. The normalized spacial score (nSPS) is 12.2. The smallest absolute Gasteiger partial charge is 0.264 e. The number of halogens is 2. The van der Waals surface area contributed by atoms with E-state index in [4.69, 9.17) is 23.2 Å². The number of sulfonamides is 1. The Morgan fingerprint density at radius 3 is 2.05 bits per heavy atom. The van der Waals surface area contributed by atoms with Gasteiger partial charge in [-0.05, 0) is 55.7 Å². The molecule has 0 aromatic heterocycles. The summed E-state index contributed by atoms with van der Waals surface area (Å²) >= 11 is 12.9. The van der Waals surface area contributed by atoms with E-state index in [1.165, 1.54) is 17.0 Å². The lowest BCUT2D eigenvalue weighted by Gasteiger charge is -2.33. The minimum absolute atomic E-state index is 0.0529. The molecule has 1 N–H and O–H groups in total. The quantitative estimate of drug-likeness (QED) is 0.272. The summed E-state index contributed by atoms with van der Waals surface area (Å²) in [4.78, 5) is 28.8. The first-order valence-electron chi connectivity index (χ1n) is 13.1. The molecule has 0 aliphatic carbocycles. The Labute approximate surface area is 247 Å². The summed E-state index contributed by atoms with van der Waals surface area (Å²) in [6.07, 6.45) is 0.299. The van der Waals surface area contributed by atoms with Crippen molar-refractivity contribution in [1.29, 1.82) is 0 Å². The lowest BCUT2D eigenvalue weighted by Crippen LogP contribution is -2.52. The van der Waals surface area contributed by atoms with Crippen LogP contribution >= 0.6 is 23.2 Å². The highest BCUT2D eigenvalue weighted by Crippen LogP contribution is 2.28. The van der Waals surface area contributed by atoms with E-state index >= 15 is 0 Å². The summed E-state index contributed by atoms with van der Waals surface area (Å²) < 4.78 is 28.8. The van der Waals surface area contributed by atoms with Crippen molar-refractivity contribution >= 4 is 50.7 Å². The Hall–Kier alpha value is -3.07. The van der Waals surface area contributed by atoms with E-state index in [1.807, 2.05) is 20.8 Å². The molecule has 3 rings (SSSR count). The maximum Gasteiger partial charge on any atom is 0.264 e. The molecule has 0 bridgehead atoms. The van der Waals surface area contributed by atoms with Gasteiger partial charge in [-0.3, -0.25) is 13.9 Å². The molecule has 1 atom stereocenters. The predicted octanol–water partition coefficient (Wildman–Crippen LogP) is 6.08. The molecule has 10 heteroatoms. The molecular weight excluding hydrogens is 569 g/mol. The molecule has 3 aromatic carbocycles. The highest BCUT2D eigenvalue weighted by atomic mass is 35.5. The zero-order valence-electron chi connectivity index (χ0n) is 23.1. The first-order chi connectivity index (χ1) is 18.9. The van der Waals surface area contributed by atoms with Gasteiger partial charge in [0.15, 0.2) is 0 Å². The van der Waals surface area contributed by atoms with Gasteiger partial charge in [-0.25, -0.2) is 8.42 Å². The number of hydrogen-bond donors (Lipinski definition) is 1. The third kappa shape index (κ3) is 7.77. The Morgan fingerprint density at radius 2 is 1.50 bits per heavy atom. The van der Waals surface area contributed by atoms with Crippen LogP contribution in [0, 0.1) is 12.8 Å². The molecule has 214 valence electrons.